The monoisotopic (exact) mass is 411 g/mol. The van der Waals surface area contributed by atoms with Crippen LogP contribution in [0.4, 0.5) is 5.82 Å². The van der Waals surface area contributed by atoms with Gasteiger partial charge in [-0.05, 0) is 6.07 Å². The molecule has 1 aliphatic rings. The van der Waals surface area contributed by atoms with E-state index in [4.69, 9.17) is 18.9 Å². The third kappa shape index (κ3) is 5.85. The van der Waals surface area contributed by atoms with Gasteiger partial charge < -0.3 is 24.3 Å². The molecule has 4 atom stereocenters. The lowest BCUT2D eigenvalue weighted by Gasteiger charge is -2.23. The fraction of sp³-hybridized carbons (Fsp3) is 0.529. The number of esters is 3. The van der Waals surface area contributed by atoms with E-state index in [1.54, 1.807) is 0 Å². The number of carbonyl (C=O) groups is 4. The Morgan fingerprint density at radius 2 is 1.69 bits per heavy atom. The second kappa shape index (κ2) is 9.28. The van der Waals surface area contributed by atoms with Crippen LogP contribution >= 0.6 is 0 Å². The van der Waals surface area contributed by atoms with Crippen LogP contribution in [0.1, 0.15) is 33.9 Å². The first kappa shape index (κ1) is 22.0. The molecule has 0 spiro atoms. The van der Waals surface area contributed by atoms with Crippen LogP contribution in [-0.2, 0) is 38.1 Å². The third-order valence-electron chi connectivity index (χ3n) is 3.75. The Labute approximate surface area is 165 Å². The van der Waals surface area contributed by atoms with Gasteiger partial charge in [-0.1, -0.05) is 0 Å². The molecule has 1 saturated heterocycles. The van der Waals surface area contributed by atoms with Gasteiger partial charge >= 0.3 is 23.6 Å². The molecule has 2 heterocycles. The Hall–Kier alpha value is -3.28. The lowest BCUT2D eigenvalue weighted by Crippen LogP contribution is -2.41. The van der Waals surface area contributed by atoms with E-state index in [1.807, 2.05) is 0 Å². The van der Waals surface area contributed by atoms with Crippen LogP contribution in [0.3, 0.4) is 0 Å². The molecule has 12 heteroatoms. The fourth-order valence-electron chi connectivity index (χ4n) is 2.77. The van der Waals surface area contributed by atoms with Crippen molar-refractivity contribution in [1.29, 1.82) is 0 Å². The molecule has 12 nitrogen and oxygen atoms in total. The standard InChI is InChI=1S/C17H21N3O9/c1-8(21)18-13-5-6-20(17(25)19-13)16-15(28-11(4)24)14(27-10(3)23)12(29-16)7-26-9(2)22/h5-6,12,14-16H,7H2,1-4H3,(H,18,19,21,25)/t12-,14-,15+,16-/m1/s1. The molecule has 0 radical (unpaired) electrons. The topological polar surface area (TPSA) is 152 Å². The molecule has 1 N–H and O–H groups in total. The number of anilines is 1. The average molecular weight is 411 g/mol. The van der Waals surface area contributed by atoms with E-state index in [1.165, 1.54) is 26.1 Å². The van der Waals surface area contributed by atoms with Gasteiger partial charge in [0.05, 0.1) is 0 Å². The molecule has 0 saturated carbocycles. The van der Waals surface area contributed by atoms with Crippen LogP contribution in [0.5, 0.6) is 0 Å². The molecule has 1 fully saturated rings. The molecule has 0 aliphatic carbocycles. The second-order valence-electron chi connectivity index (χ2n) is 6.20. The van der Waals surface area contributed by atoms with Crippen molar-refractivity contribution < 1.29 is 38.1 Å². The van der Waals surface area contributed by atoms with Gasteiger partial charge in [0.15, 0.2) is 18.4 Å². The summed E-state index contributed by atoms with van der Waals surface area (Å²) in [6, 6.07) is 1.34. The molecule has 1 aromatic heterocycles. The van der Waals surface area contributed by atoms with Gasteiger partial charge in [-0.15, -0.1) is 0 Å². The van der Waals surface area contributed by atoms with Crippen LogP contribution in [0.2, 0.25) is 0 Å². The van der Waals surface area contributed by atoms with Crippen molar-refractivity contribution in [1.82, 2.24) is 9.55 Å². The van der Waals surface area contributed by atoms with E-state index in [-0.39, 0.29) is 12.4 Å². The van der Waals surface area contributed by atoms with Gasteiger partial charge in [-0.25, -0.2) is 4.79 Å². The highest BCUT2D eigenvalue weighted by Gasteiger charge is 2.50. The predicted octanol–water partition coefficient (Wildman–Crippen LogP) is -0.474. The summed E-state index contributed by atoms with van der Waals surface area (Å²) in [7, 11) is 0. The van der Waals surface area contributed by atoms with Crippen LogP contribution in [0, 0.1) is 0 Å². The number of amides is 1. The highest BCUT2D eigenvalue weighted by molar-refractivity contribution is 5.87. The van der Waals surface area contributed by atoms with E-state index in [0.29, 0.717) is 0 Å². The first-order chi connectivity index (χ1) is 13.6. The number of rotatable bonds is 6. The van der Waals surface area contributed by atoms with Gasteiger partial charge in [0.2, 0.25) is 5.91 Å². The van der Waals surface area contributed by atoms with Crippen molar-refractivity contribution in [3.8, 4) is 0 Å². The quantitative estimate of drug-likeness (QED) is 0.480. The molecular weight excluding hydrogens is 390 g/mol. The van der Waals surface area contributed by atoms with Gasteiger partial charge in [0, 0.05) is 33.9 Å². The number of carbonyl (C=O) groups excluding carboxylic acids is 4. The zero-order valence-electron chi connectivity index (χ0n) is 16.2. The molecule has 158 valence electrons. The molecule has 0 unspecified atom stereocenters. The summed E-state index contributed by atoms with van der Waals surface area (Å²) in [6.07, 6.45) is -3.28. The van der Waals surface area contributed by atoms with Crippen LogP contribution in [0.15, 0.2) is 17.1 Å². The van der Waals surface area contributed by atoms with Gasteiger partial charge in [-0.2, -0.15) is 4.98 Å². The number of hydrogen-bond donors (Lipinski definition) is 1. The molecule has 29 heavy (non-hydrogen) atoms. The number of aromatic nitrogens is 2. The molecule has 1 aromatic rings. The average Bonchev–Trinajstić information content (AvgIpc) is 2.89. The van der Waals surface area contributed by atoms with Crippen molar-refractivity contribution in [2.24, 2.45) is 0 Å². The summed E-state index contributed by atoms with van der Waals surface area (Å²) in [6.45, 7) is 4.44. The Morgan fingerprint density at radius 3 is 2.21 bits per heavy atom. The van der Waals surface area contributed by atoms with Crippen LogP contribution in [-0.4, -0.2) is 58.3 Å². The normalized spacial score (nSPS) is 23.2. The maximum atomic E-state index is 12.4. The maximum Gasteiger partial charge on any atom is 0.351 e. The Morgan fingerprint density at radius 1 is 1.07 bits per heavy atom. The Balaban J connectivity index is 2.40. The fourth-order valence-corrected chi connectivity index (χ4v) is 2.77. The summed E-state index contributed by atoms with van der Waals surface area (Å²) < 4.78 is 22.1. The van der Waals surface area contributed by atoms with Crippen molar-refractivity contribution in [2.45, 2.75) is 52.2 Å². The van der Waals surface area contributed by atoms with E-state index in [9.17, 15) is 24.0 Å². The summed E-state index contributed by atoms with van der Waals surface area (Å²) in [5, 5.41) is 2.37. The molecule has 0 bridgehead atoms. The smallest absolute Gasteiger partial charge is 0.351 e. The van der Waals surface area contributed by atoms with E-state index < -0.39 is 54.0 Å². The van der Waals surface area contributed by atoms with Gasteiger partial charge in [-0.3, -0.25) is 23.7 Å². The molecule has 2 rings (SSSR count). The summed E-state index contributed by atoms with van der Waals surface area (Å²) in [5.74, 6) is -2.38. The largest absolute Gasteiger partial charge is 0.463 e. The van der Waals surface area contributed by atoms with Crippen molar-refractivity contribution in [3.05, 3.63) is 22.7 Å². The van der Waals surface area contributed by atoms with E-state index in [2.05, 4.69) is 10.3 Å². The third-order valence-corrected chi connectivity index (χ3v) is 3.75. The summed E-state index contributed by atoms with van der Waals surface area (Å²) >= 11 is 0. The predicted molar refractivity (Wildman–Crippen MR) is 94.5 cm³/mol. The minimum absolute atomic E-state index is 0.0220. The number of nitrogens with zero attached hydrogens (tertiary/aromatic N) is 2. The number of ether oxygens (including phenoxy) is 4. The molecule has 0 aromatic carbocycles. The molecule has 1 amide bonds. The van der Waals surface area contributed by atoms with Gasteiger partial charge in [0.1, 0.15) is 18.5 Å². The van der Waals surface area contributed by atoms with Gasteiger partial charge in [0.25, 0.3) is 0 Å². The minimum Gasteiger partial charge on any atom is -0.463 e. The van der Waals surface area contributed by atoms with E-state index >= 15 is 0 Å². The highest BCUT2D eigenvalue weighted by atomic mass is 16.7. The Bertz CT molecular complexity index is 866. The number of nitrogens with one attached hydrogen (secondary N) is 1. The van der Waals surface area contributed by atoms with Crippen molar-refractivity contribution in [2.75, 3.05) is 11.9 Å². The van der Waals surface area contributed by atoms with Crippen molar-refractivity contribution >= 4 is 29.6 Å². The molecule has 1 aliphatic heterocycles. The SMILES string of the molecule is CC(=O)Nc1ccn([C@@H]2O[C@H](COC(C)=O)[C@@H](OC(C)=O)[C@@H]2OC(C)=O)c(=O)n1. The Kier molecular flexibility index (Phi) is 7.04. The highest BCUT2D eigenvalue weighted by Crippen LogP contribution is 2.33. The second-order valence-corrected chi connectivity index (χ2v) is 6.20. The van der Waals surface area contributed by atoms with E-state index in [0.717, 1.165) is 18.4 Å². The summed E-state index contributed by atoms with van der Waals surface area (Å²) in [4.78, 5) is 61.5. The minimum atomic E-state index is -1.21. The summed E-state index contributed by atoms with van der Waals surface area (Å²) in [5.41, 5.74) is -0.812. The lowest BCUT2D eigenvalue weighted by atomic mass is 10.1. The first-order valence-corrected chi connectivity index (χ1v) is 8.58. The maximum absolute atomic E-state index is 12.4. The number of hydrogen-bond acceptors (Lipinski definition) is 10. The van der Waals surface area contributed by atoms with Crippen LogP contribution < -0.4 is 11.0 Å². The first-order valence-electron chi connectivity index (χ1n) is 8.58. The van der Waals surface area contributed by atoms with Crippen LogP contribution in [0.25, 0.3) is 0 Å². The lowest BCUT2D eigenvalue weighted by molar-refractivity contribution is -0.166. The molecular formula is C17H21N3O9. The van der Waals surface area contributed by atoms with Crippen molar-refractivity contribution in [3.63, 3.8) is 0 Å². The zero-order chi connectivity index (χ0) is 21.7. The zero-order valence-corrected chi connectivity index (χ0v) is 16.2.